The van der Waals surface area contributed by atoms with Crippen LogP contribution in [0.3, 0.4) is 0 Å². The standard InChI is InChI=1S/C17H19NO4S/c1-17(2,3)12-7-5-11(6-8-12)9-13-15(20)18(16(21)23-13)10-14(19)22-4/h5-9H,10H2,1-4H3/b13-9-. The molecule has 1 fully saturated rings. The van der Waals surface area contributed by atoms with Crippen molar-refractivity contribution in [1.29, 1.82) is 0 Å². The van der Waals surface area contributed by atoms with E-state index in [0.717, 1.165) is 22.2 Å². The van der Waals surface area contributed by atoms with Gasteiger partial charge >= 0.3 is 5.97 Å². The second-order valence-corrected chi connectivity index (χ2v) is 7.21. The summed E-state index contributed by atoms with van der Waals surface area (Å²) >= 11 is 0.830. The number of carbonyl (C=O) groups is 3. The number of benzene rings is 1. The highest BCUT2D eigenvalue weighted by Crippen LogP contribution is 2.32. The normalized spacial score (nSPS) is 17.0. The molecule has 1 aromatic rings. The maximum absolute atomic E-state index is 12.2. The summed E-state index contributed by atoms with van der Waals surface area (Å²) in [6, 6.07) is 7.83. The van der Waals surface area contributed by atoms with Crippen molar-refractivity contribution in [3.63, 3.8) is 0 Å². The SMILES string of the molecule is COC(=O)CN1C(=O)S/C(=C\c2ccc(C(C)(C)C)cc2)C1=O. The molecular formula is C17H19NO4S. The van der Waals surface area contributed by atoms with Gasteiger partial charge in [0.2, 0.25) is 0 Å². The van der Waals surface area contributed by atoms with Crippen LogP contribution in [0, 0.1) is 0 Å². The monoisotopic (exact) mass is 333 g/mol. The third-order valence-electron chi connectivity index (χ3n) is 3.46. The summed E-state index contributed by atoms with van der Waals surface area (Å²) in [5, 5.41) is -0.460. The van der Waals surface area contributed by atoms with E-state index in [1.165, 1.54) is 12.7 Å². The molecule has 0 saturated carbocycles. The number of imide groups is 1. The van der Waals surface area contributed by atoms with E-state index in [1.54, 1.807) is 6.08 Å². The van der Waals surface area contributed by atoms with Crippen LogP contribution in [-0.4, -0.2) is 35.7 Å². The number of thioether (sulfide) groups is 1. The average molecular weight is 333 g/mol. The minimum atomic E-state index is -0.622. The van der Waals surface area contributed by atoms with Crippen LogP contribution in [0.1, 0.15) is 31.9 Å². The van der Waals surface area contributed by atoms with Gasteiger partial charge in [0.1, 0.15) is 6.54 Å². The van der Waals surface area contributed by atoms with Crippen molar-refractivity contribution in [3.8, 4) is 0 Å². The van der Waals surface area contributed by atoms with Crippen LogP contribution in [0.25, 0.3) is 6.08 Å². The molecule has 23 heavy (non-hydrogen) atoms. The van der Waals surface area contributed by atoms with Gasteiger partial charge in [0, 0.05) is 0 Å². The molecule has 0 spiro atoms. The largest absolute Gasteiger partial charge is 0.468 e. The molecule has 5 nitrogen and oxygen atoms in total. The molecule has 0 bridgehead atoms. The first-order valence-corrected chi connectivity index (χ1v) is 7.97. The lowest BCUT2D eigenvalue weighted by Crippen LogP contribution is -2.34. The minimum Gasteiger partial charge on any atom is -0.468 e. The molecular weight excluding hydrogens is 314 g/mol. The Bertz CT molecular complexity index is 671. The third-order valence-corrected chi connectivity index (χ3v) is 4.37. The highest BCUT2D eigenvalue weighted by molar-refractivity contribution is 8.18. The molecule has 6 heteroatoms. The van der Waals surface area contributed by atoms with Crippen LogP contribution < -0.4 is 0 Å². The fourth-order valence-electron chi connectivity index (χ4n) is 2.06. The van der Waals surface area contributed by atoms with E-state index in [-0.39, 0.29) is 12.0 Å². The van der Waals surface area contributed by atoms with Crippen LogP contribution >= 0.6 is 11.8 Å². The molecule has 1 aliphatic rings. The van der Waals surface area contributed by atoms with Gasteiger partial charge in [-0.1, -0.05) is 45.0 Å². The fourth-order valence-corrected chi connectivity index (χ4v) is 2.90. The number of nitrogens with zero attached hydrogens (tertiary/aromatic N) is 1. The second kappa shape index (κ2) is 6.58. The minimum absolute atomic E-state index is 0.0525. The molecule has 0 aliphatic carbocycles. The lowest BCUT2D eigenvalue weighted by molar-refractivity contribution is -0.143. The van der Waals surface area contributed by atoms with Crippen molar-refractivity contribution in [3.05, 3.63) is 40.3 Å². The molecule has 122 valence electrons. The Kier molecular flexibility index (Phi) is 4.94. The van der Waals surface area contributed by atoms with Gasteiger partial charge in [0.15, 0.2) is 0 Å². The fraction of sp³-hybridized carbons (Fsp3) is 0.353. The zero-order valence-corrected chi connectivity index (χ0v) is 14.4. The highest BCUT2D eigenvalue weighted by Gasteiger charge is 2.36. The first-order valence-electron chi connectivity index (χ1n) is 7.15. The Hall–Kier alpha value is -2.08. The van der Waals surface area contributed by atoms with Crippen molar-refractivity contribution in [1.82, 2.24) is 4.90 Å². The maximum atomic E-state index is 12.2. The van der Waals surface area contributed by atoms with E-state index in [2.05, 4.69) is 25.5 Å². The Morgan fingerprint density at radius 1 is 1.22 bits per heavy atom. The van der Waals surface area contributed by atoms with Gasteiger partial charge < -0.3 is 4.74 Å². The first kappa shape index (κ1) is 17.3. The number of amides is 2. The molecule has 2 rings (SSSR count). The quantitative estimate of drug-likeness (QED) is 0.628. The Balaban J connectivity index is 2.19. The van der Waals surface area contributed by atoms with Crippen LogP contribution in [0.15, 0.2) is 29.2 Å². The summed E-state index contributed by atoms with van der Waals surface area (Å²) in [4.78, 5) is 36.5. The van der Waals surface area contributed by atoms with Gasteiger partial charge in [-0.15, -0.1) is 0 Å². The van der Waals surface area contributed by atoms with E-state index >= 15 is 0 Å². The van der Waals surface area contributed by atoms with Gasteiger partial charge in [0.25, 0.3) is 11.1 Å². The number of rotatable bonds is 3. The second-order valence-electron chi connectivity index (χ2n) is 6.22. The van der Waals surface area contributed by atoms with Crippen molar-refractivity contribution in [2.24, 2.45) is 0 Å². The first-order chi connectivity index (χ1) is 10.7. The summed E-state index contributed by atoms with van der Waals surface area (Å²) in [7, 11) is 1.22. The van der Waals surface area contributed by atoms with Gasteiger partial charge in [0.05, 0.1) is 12.0 Å². The molecule has 0 atom stereocenters. The van der Waals surface area contributed by atoms with Crippen molar-refractivity contribution in [2.45, 2.75) is 26.2 Å². The Labute approximate surface area is 139 Å². The molecule has 0 radical (unpaired) electrons. The predicted molar refractivity (Wildman–Crippen MR) is 89.8 cm³/mol. The van der Waals surface area contributed by atoms with Gasteiger partial charge in [-0.2, -0.15) is 0 Å². The number of hydrogen-bond donors (Lipinski definition) is 0. The summed E-state index contributed by atoms with van der Waals surface area (Å²) in [5.41, 5.74) is 2.08. The summed E-state index contributed by atoms with van der Waals surface area (Å²) < 4.78 is 4.49. The topological polar surface area (TPSA) is 63.7 Å². The van der Waals surface area contributed by atoms with Gasteiger partial charge in [-0.05, 0) is 34.4 Å². The lowest BCUT2D eigenvalue weighted by atomic mass is 9.87. The molecule has 0 unspecified atom stereocenters. The van der Waals surface area contributed by atoms with Gasteiger partial charge in [-0.25, -0.2) is 0 Å². The van der Waals surface area contributed by atoms with E-state index in [4.69, 9.17) is 0 Å². The van der Waals surface area contributed by atoms with E-state index in [1.807, 2.05) is 24.3 Å². The zero-order chi connectivity index (χ0) is 17.2. The number of hydrogen-bond acceptors (Lipinski definition) is 5. The van der Waals surface area contributed by atoms with Crippen LogP contribution in [0.4, 0.5) is 4.79 Å². The Morgan fingerprint density at radius 2 is 1.83 bits per heavy atom. The van der Waals surface area contributed by atoms with E-state index < -0.39 is 17.1 Å². The molecule has 1 aromatic carbocycles. The van der Waals surface area contributed by atoms with Crippen molar-refractivity contribution < 1.29 is 19.1 Å². The maximum Gasteiger partial charge on any atom is 0.325 e. The summed E-state index contributed by atoms with van der Waals surface area (Å²) in [6.07, 6.45) is 1.66. The molecule has 1 saturated heterocycles. The van der Waals surface area contributed by atoms with Crippen LogP contribution in [0.2, 0.25) is 0 Å². The number of ether oxygens (including phenoxy) is 1. The third kappa shape index (κ3) is 4.01. The molecule has 1 aliphatic heterocycles. The molecule has 0 aromatic heterocycles. The van der Waals surface area contributed by atoms with Crippen molar-refractivity contribution >= 4 is 35.0 Å². The summed E-state index contributed by atoms with van der Waals surface area (Å²) in [6.45, 7) is 6.02. The average Bonchev–Trinajstić information content (AvgIpc) is 2.74. The molecule has 2 amide bonds. The van der Waals surface area contributed by atoms with Crippen molar-refractivity contribution in [2.75, 3.05) is 13.7 Å². The number of methoxy groups -OCH3 is 1. The van der Waals surface area contributed by atoms with Gasteiger partial charge in [-0.3, -0.25) is 19.3 Å². The lowest BCUT2D eigenvalue weighted by Gasteiger charge is -2.18. The Morgan fingerprint density at radius 3 is 2.35 bits per heavy atom. The predicted octanol–water partition coefficient (Wildman–Crippen LogP) is 3.19. The summed E-state index contributed by atoms with van der Waals surface area (Å²) in [5.74, 6) is -1.09. The molecule has 0 N–H and O–H groups in total. The van der Waals surface area contributed by atoms with E-state index in [0.29, 0.717) is 4.91 Å². The van der Waals surface area contributed by atoms with Crippen LogP contribution in [-0.2, 0) is 19.7 Å². The van der Waals surface area contributed by atoms with E-state index in [9.17, 15) is 14.4 Å². The van der Waals surface area contributed by atoms with Crippen LogP contribution in [0.5, 0.6) is 0 Å². The smallest absolute Gasteiger partial charge is 0.325 e. The number of carbonyl (C=O) groups excluding carboxylic acids is 3. The number of esters is 1. The zero-order valence-electron chi connectivity index (χ0n) is 13.6. The molecule has 1 heterocycles. The highest BCUT2D eigenvalue weighted by atomic mass is 32.2.